The van der Waals surface area contributed by atoms with Crippen molar-refractivity contribution in [1.82, 2.24) is 0 Å². The molecule has 0 heterocycles. The van der Waals surface area contributed by atoms with Crippen LogP contribution in [0.25, 0.3) is 16.3 Å². The minimum absolute atomic E-state index is 0.0122. The molecule has 1 unspecified atom stereocenters. The number of amidine groups is 1. The van der Waals surface area contributed by atoms with Crippen LogP contribution in [0.5, 0.6) is 0 Å². The molecule has 0 N–H and O–H groups in total. The molecule has 0 radical (unpaired) electrons. The van der Waals surface area contributed by atoms with Crippen LogP contribution in [0.15, 0.2) is 143 Å². The number of rotatable bonds is 7. The lowest BCUT2D eigenvalue weighted by atomic mass is 9.65. The molecule has 47 heavy (non-hydrogen) atoms. The van der Waals surface area contributed by atoms with E-state index in [1.54, 1.807) is 0 Å². The summed E-state index contributed by atoms with van der Waals surface area (Å²) in [6.07, 6.45) is 24.3. The minimum atomic E-state index is -0.0122. The zero-order valence-corrected chi connectivity index (χ0v) is 28.0. The number of fused-ring (bicyclic) bond motifs is 1. The first-order valence-electron chi connectivity index (χ1n) is 17.7. The first kappa shape index (κ1) is 31.1. The van der Waals surface area contributed by atoms with E-state index < -0.39 is 0 Å². The van der Waals surface area contributed by atoms with E-state index in [1.165, 1.54) is 70.7 Å². The Bertz CT molecular complexity index is 1910. The van der Waals surface area contributed by atoms with Crippen LogP contribution in [0, 0.1) is 0 Å². The van der Waals surface area contributed by atoms with E-state index in [1.807, 2.05) is 0 Å². The third kappa shape index (κ3) is 6.79. The van der Waals surface area contributed by atoms with Crippen molar-refractivity contribution in [2.45, 2.75) is 83.1 Å². The number of hydrogen-bond donors (Lipinski definition) is 0. The molecule has 0 saturated heterocycles. The van der Waals surface area contributed by atoms with Gasteiger partial charge in [-0.25, -0.2) is 4.99 Å². The van der Waals surface area contributed by atoms with Crippen molar-refractivity contribution < 1.29 is 0 Å². The second kappa shape index (κ2) is 14.1. The smallest absolute Gasteiger partial charge is 0.155 e. The van der Waals surface area contributed by atoms with E-state index in [0.717, 1.165) is 48.4 Å². The molecule has 1 saturated carbocycles. The van der Waals surface area contributed by atoms with Crippen LogP contribution < -0.4 is 0 Å². The number of benzene rings is 4. The quantitative estimate of drug-likeness (QED) is 0.146. The minimum Gasteiger partial charge on any atom is -0.258 e. The van der Waals surface area contributed by atoms with Crippen LogP contribution in [-0.2, 0) is 5.41 Å². The number of aliphatic imine (C=N–C) groups is 2. The van der Waals surface area contributed by atoms with Gasteiger partial charge in [0.25, 0.3) is 0 Å². The van der Waals surface area contributed by atoms with Gasteiger partial charge in [-0.2, -0.15) is 0 Å². The largest absolute Gasteiger partial charge is 0.258 e. The second-order valence-corrected chi connectivity index (χ2v) is 13.5. The Hall–Kier alpha value is -4.56. The molecule has 0 bridgehead atoms. The predicted octanol–water partition coefficient (Wildman–Crippen LogP) is 12.1. The lowest BCUT2D eigenvalue weighted by Gasteiger charge is -2.39. The topological polar surface area (TPSA) is 24.7 Å². The third-order valence-corrected chi connectivity index (χ3v) is 10.4. The molecule has 1 atom stereocenters. The Morgan fingerprint density at radius 1 is 0.681 bits per heavy atom. The summed E-state index contributed by atoms with van der Waals surface area (Å²) in [6.45, 7) is 4.30. The summed E-state index contributed by atoms with van der Waals surface area (Å²) in [5.74, 6) is 0.815. The number of hydrogen-bond acceptors (Lipinski definition) is 1. The zero-order valence-electron chi connectivity index (χ0n) is 28.0. The molecule has 236 valence electrons. The summed E-state index contributed by atoms with van der Waals surface area (Å²) in [6, 6.07) is 34.0. The molecule has 1 fully saturated rings. The van der Waals surface area contributed by atoms with Crippen molar-refractivity contribution in [3.05, 3.63) is 161 Å². The molecule has 4 aromatic carbocycles. The van der Waals surface area contributed by atoms with Crippen molar-refractivity contribution in [1.29, 1.82) is 0 Å². The van der Waals surface area contributed by atoms with E-state index in [-0.39, 0.29) is 11.5 Å². The van der Waals surface area contributed by atoms with E-state index >= 15 is 0 Å². The van der Waals surface area contributed by atoms with E-state index in [2.05, 4.69) is 141 Å². The summed E-state index contributed by atoms with van der Waals surface area (Å²) in [7, 11) is 0. The summed E-state index contributed by atoms with van der Waals surface area (Å²) >= 11 is 0. The highest BCUT2D eigenvalue weighted by atomic mass is 14.9. The van der Waals surface area contributed by atoms with Gasteiger partial charge < -0.3 is 0 Å². The van der Waals surface area contributed by atoms with E-state index in [9.17, 15) is 0 Å². The first-order chi connectivity index (χ1) is 23.1. The molecule has 4 aromatic rings. The molecule has 0 amide bonds. The Kier molecular flexibility index (Phi) is 9.29. The standard InChI is InChI=1S/C45H46N2/c1-33(46-44(39-17-8-4-9-18-39)47-34(2)40-21-20-37-16-10-11-19-41(37)32-40)35-22-26-42(27-23-35)45(30-12-5-13-31-45)43-28-24-38(25-29-43)36-14-6-3-7-15-36/h6,8,10-11,14-29,32-33H,3-5,7,9,12-13,30-31H2,1-2H3/b46-44-,47-34+. The maximum Gasteiger partial charge on any atom is 0.155 e. The fourth-order valence-electron chi connectivity index (χ4n) is 7.63. The normalized spacial score (nSPS) is 18.9. The van der Waals surface area contributed by atoms with Gasteiger partial charge in [-0.15, -0.1) is 0 Å². The molecule has 2 nitrogen and oxygen atoms in total. The monoisotopic (exact) mass is 614 g/mol. The van der Waals surface area contributed by atoms with Gasteiger partial charge in [0.2, 0.25) is 0 Å². The van der Waals surface area contributed by atoms with Crippen LogP contribution in [-0.4, -0.2) is 11.5 Å². The van der Waals surface area contributed by atoms with Gasteiger partial charge in [-0.05, 0) is 103 Å². The average molecular weight is 615 g/mol. The predicted molar refractivity (Wildman–Crippen MR) is 202 cm³/mol. The molecular formula is C45H46N2. The fraction of sp³-hybridized carbons (Fsp3) is 0.289. The molecule has 0 aliphatic heterocycles. The summed E-state index contributed by atoms with van der Waals surface area (Å²) < 4.78 is 0. The van der Waals surface area contributed by atoms with Crippen molar-refractivity contribution in [2.75, 3.05) is 0 Å². The van der Waals surface area contributed by atoms with Crippen molar-refractivity contribution in [3.8, 4) is 0 Å². The Morgan fingerprint density at radius 3 is 2.04 bits per heavy atom. The van der Waals surface area contributed by atoms with E-state index in [4.69, 9.17) is 9.98 Å². The van der Waals surface area contributed by atoms with Gasteiger partial charge in [0.1, 0.15) is 0 Å². The van der Waals surface area contributed by atoms with Crippen molar-refractivity contribution in [2.24, 2.45) is 9.98 Å². The Labute approximate surface area is 281 Å². The van der Waals surface area contributed by atoms with Crippen LogP contribution in [0.2, 0.25) is 0 Å². The van der Waals surface area contributed by atoms with Crippen LogP contribution >= 0.6 is 0 Å². The highest BCUT2D eigenvalue weighted by molar-refractivity contribution is 6.13. The highest BCUT2D eigenvalue weighted by Crippen LogP contribution is 2.45. The van der Waals surface area contributed by atoms with Crippen molar-refractivity contribution >= 4 is 27.9 Å². The maximum absolute atomic E-state index is 5.27. The molecule has 3 aliphatic carbocycles. The molecule has 2 heteroatoms. The summed E-state index contributed by atoms with van der Waals surface area (Å²) in [5, 5.41) is 2.48. The van der Waals surface area contributed by atoms with Crippen LogP contribution in [0.4, 0.5) is 0 Å². The molecular weight excluding hydrogens is 569 g/mol. The third-order valence-electron chi connectivity index (χ3n) is 10.4. The maximum atomic E-state index is 5.27. The number of allylic oxidation sites excluding steroid dienone is 6. The second-order valence-electron chi connectivity index (χ2n) is 13.5. The Balaban J connectivity index is 1.17. The van der Waals surface area contributed by atoms with Crippen LogP contribution in [0.1, 0.15) is 105 Å². The Morgan fingerprint density at radius 2 is 1.36 bits per heavy atom. The highest BCUT2D eigenvalue weighted by Gasteiger charge is 2.35. The van der Waals surface area contributed by atoms with Gasteiger partial charge in [0, 0.05) is 16.7 Å². The molecule has 0 aromatic heterocycles. The molecule has 7 rings (SSSR count). The summed E-state index contributed by atoms with van der Waals surface area (Å²) in [5.41, 5.74) is 10.1. The van der Waals surface area contributed by atoms with Gasteiger partial charge in [0.15, 0.2) is 5.84 Å². The van der Waals surface area contributed by atoms with Crippen molar-refractivity contribution in [3.63, 3.8) is 0 Å². The van der Waals surface area contributed by atoms with Gasteiger partial charge in [0.05, 0.1) is 6.04 Å². The molecule has 3 aliphatic rings. The zero-order chi connectivity index (χ0) is 32.1. The average Bonchev–Trinajstić information content (AvgIpc) is 3.15. The van der Waals surface area contributed by atoms with Gasteiger partial charge in [-0.3, -0.25) is 4.99 Å². The lowest BCUT2D eigenvalue weighted by molar-refractivity contribution is 0.346. The SMILES string of the molecule is C/C(=N\C(=N/C(C)c1ccc(C2(c3ccc(C4=CCCC=C4)cc3)CCCCC2)cc1)C1=CCCC=C1)c1ccc2ccccc2c1. The first-order valence-corrected chi connectivity index (χ1v) is 17.7. The number of nitrogens with zero attached hydrogens (tertiary/aromatic N) is 2. The lowest BCUT2D eigenvalue weighted by Crippen LogP contribution is -2.30. The summed E-state index contributed by atoms with van der Waals surface area (Å²) in [4.78, 5) is 10.4. The fourth-order valence-corrected chi connectivity index (χ4v) is 7.63. The van der Waals surface area contributed by atoms with Gasteiger partial charge >= 0.3 is 0 Å². The van der Waals surface area contributed by atoms with E-state index in [0.29, 0.717) is 0 Å². The van der Waals surface area contributed by atoms with Gasteiger partial charge in [-0.1, -0.05) is 141 Å². The molecule has 0 spiro atoms. The van der Waals surface area contributed by atoms with Crippen LogP contribution in [0.3, 0.4) is 0 Å².